The second-order valence-electron chi connectivity index (χ2n) is 3.72. The van der Waals surface area contributed by atoms with E-state index in [1.165, 1.54) is 30.3 Å². The third kappa shape index (κ3) is 4.37. The summed E-state index contributed by atoms with van der Waals surface area (Å²) in [6, 6.07) is 6.63. The van der Waals surface area contributed by atoms with E-state index >= 15 is 0 Å². The minimum absolute atomic E-state index is 0.00722. The Labute approximate surface area is 110 Å². The van der Waals surface area contributed by atoms with Crippen LogP contribution in [-0.4, -0.2) is 26.2 Å². The number of benzene rings is 1. The molecule has 0 N–H and O–H groups in total. The zero-order valence-corrected chi connectivity index (χ0v) is 10.4. The molecule has 0 spiro atoms. The molecule has 0 amide bonds. The summed E-state index contributed by atoms with van der Waals surface area (Å²) in [7, 11) is -6.32. The van der Waals surface area contributed by atoms with Crippen molar-refractivity contribution >= 4 is 10.1 Å². The van der Waals surface area contributed by atoms with E-state index < -0.39 is 34.3 Å². The van der Waals surface area contributed by atoms with Crippen LogP contribution < -0.4 is 0 Å². The Balaban J connectivity index is 2.99. The quantitative estimate of drug-likeness (QED) is 0.486. The van der Waals surface area contributed by atoms with Crippen molar-refractivity contribution in [2.24, 2.45) is 0 Å². The van der Waals surface area contributed by atoms with Gasteiger partial charge in [0.05, 0.1) is 0 Å². The lowest BCUT2D eigenvalue weighted by atomic mass is 10.1. The summed E-state index contributed by atoms with van der Waals surface area (Å²) in [5.41, 5.74) is -5.92. The average molecular weight is 322 g/mol. The lowest BCUT2D eigenvalue weighted by molar-refractivity contribution is -0.196. The molecule has 0 heterocycles. The fraction of sp³-hybridized carbons (Fsp3) is 0.400. The molecule has 1 aromatic carbocycles. The first-order chi connectivity index (χ1) is 8.93. The van der Waals surface area contributed by atoms with Crippen molar-refractivity contribution in [3.05, 3.63) is 35.9 Å². The summed E-state index contributed by atoms with van der Waals surface area (Å²) in [5.74, 6) is 0. The lowest BCUT2D eigenvalue weighted by Crippen LogP contribution is -2.39. The van der Waals surface area contributed by atoms with E-state index in [4.69, 9.17) is 0 Å². The zero-order chi connectivity index (χ0) is 15.6. The standard InChI is InChI=1S/C10H8F6O3S/c11-9(12,13)8(6-7-4-2-1-3-5-7)19-20(17,18)10(14,15)16/h1-5,8H,6H2/t8-/m0/s1. The minimum Gasteiger partial charge on any atom is -0.250 e. The van der Waals surface area contributed by atoms with Gasteiger partial charge in [-0.2, -0.15) is 34.8 Å². The number of hydrogen-bond acceptors (Lipinski definition) is 3. The van der Waals surface area contributed by atoms with Gasteiger partial charge in [0.25, 0.3) is 0 Å². The fourth-order valence-electron chi connectivity index (χ4n) is 1.24. The Bertz CT molecular complexity index is 534. The van der Waals surface area contributed by atoms with E-state index in [2.05, 4.69) is 4.18 Å². The van der Waals surface area contributed by atoms with Crippen LogP contribution in [0.2, 0.25) is 0 Å². The third-order valence-corrected chi connectivity index (χ3v) is 3.21. The van der Waals surface area contributed by atoms with Crippen LogP contribution in [0.3, 0.4) is 0 Å². The van der Waals surface area contributed by atoms with Gasteiger partial charge in [0, 0.05) is 6.42 Å². The molecular weight excluding hydrogens is 314 g/mol. The van der Waals surface area contributed by atoms with Crippen LogP contribution in [0.4, 0.5) is 26.3 Å². The van der Waals surface area contributed by atoms with Gasteiger partial charge in [-0.25, -0.2) is 4.18 Å². The summed E-state index contributed by atoms with van der Waals surface area (Å²) in [6.45, 7) is 0. The molecule has 0 radical (unpaired) electrons. The van der Waals surface area contributed by atoms with Gasteiger partial charge in [0.1, 0.15) is 0 Å². The number of halogens is 6. The van der Waals surface area contributed by atoms with Crippen molar-refractivity contribution in [1.29, 1.82) is 0 Å². The monoisotopic (exact) mass is 322 g/mol. The predicted octanol–water partition coefficient (Wildman–Crippen LogP) is 3.03. The van der Waals surface area contributed by atoms with Crippen molar-refractivity contribution in [2.75, 3.05) is 0 Å². The smallest absolute Gasteiger partial charge is 0.250 e. The summed E-state index contributed by atoms with van der Waals surface area (Å²) in [6.07, 6.45) is -9.40. The van der Waals surface area contributed by atoms with Gasteiger partial charge < -0.3 is 0 Å². The molecule has 0 aliphatic rings. The van der Waals surface area contributed by atoms with E-state index in [1.54, 1.807) is 0 Å². The van der Waals surface area contributed by atoms with Crippen molar-refractivity contribution in [3.63, 3.8) is 0 Å². The van der Waals surface area contributed by atoms with Crippen molar-refractivity contribution in [2.45, 2.75) is 24.2 Å². The topological polar surface area (TPSA) is 43.4 Å². The van der Waals surface area contributed by atoms with Crippen LogP contribution in [-0.2, 0) is 20.7 Å². The summed E-state index contributed by atoms with van der Waals surface area (Å²) in [4.78, 5) is 0. The van der Waals surface area contributed by atoms with Gasteiger partial charge >= 0.3 is 21.8 Å². The van der Waals surface area contributed by atoms with Gasteiger partial charge in [0.15, 0.2) is 6.10 Å². The molecule has 1 atom stereocenters. The highest BCUT2D eigenvalue weighted by atomic mass is 32.2. The van der Waals surface area contributed by atoms with Crippen LogP contribution >= 0.6 is 0 Å². The molecule has 1 aromatic rings. The first-order valence-electron chi connectivity index (χ1n) is 5.03. The first kappa shape index (κ1) is 16.8. The second-order valence-corrected chi connectivity index (χ2v) is 5.28. The molecule has 0 bridgehead atoms. The molecule has 0 saturated carbocycles. The molecule has 3 nitrogen and oxygen atoms in total. The predicted molar refractivity (Wildman–Crippen MR) is 56.0 cm³/mol. The molecule has 0 saturated heterocycles. The van der Waals surface area contributed by atoms with Crippen molar-refractivity contribution in [1.82, 2.24) is 0 Å². The molecule has 0 aliphatic carbocycles. The maximum atomic E-state index is 12.6. The highest BCUT2D eigenvalue weighted by Gasteiger charge is 2.53. The fourth-order valence-corrected chi connectivity index (χ4v) is 1.83. The Hall–Kier alpha value is -1.29. The normalized spacial score (nSPS) is 15.1. The zero-order valence-electron chi connectivity index (χ0n) is 9.57. The maximum Gasteiger partial charge on any atom is 0.523 e. The van der Waals surface area contributed by atoms with Gasteiger partial charge in [-0.1, -0.05) is 30.3 Å². The first-order valence-corrected chi connectivity index (χ1v) is 6.44. The lowest BCUT2D eigenvalue weighted by Gasteiger charge is -2.21. The van der Waals surface area contributed by atoms with E-state index in [1.807, 2.05) is 0 Å². The molecule has 0 aliphatic heterocycles. The molecule has 1 rings (SSSR count). The molecule has 20 heavy (non-hydrogen) atoms. The van der Waals surface area contributed by atoms with Crippen molar-refractivity contribution in [3.8, 4) is 0 Å². The molecule has 0 unspecified atom stereocenters. The number of hydrogen-bond donors (Lipinski definition) is 0. The van der Waals surface area contributed by atoms with Crippen LogP contribution in [0.5, 0.6) is 0 Å². The van der Waals surface area contributed by atoms with Crippen LogP contribution in [0, 0.1) is 0 Å². The molecule has 0 fully saturated rings. The Morgan fingerprint density at radius 3 is 1.90 bits per heavy atom. The molecular formula is C10H8F6O3S. The van der Waals surface area contributed by atoms with E-state index in [9.17, 15) is 34.8 Å². The number of rotatable bonds is 4. The van der Waals surface area contributed by atoms with Gasteiger partial charge in [0.2, 0.25) is 0 Å². The van der Waals surface area contributed by atoms with Crippen molar-refractivity contribution < 1.29 is 38.9 Å². The van der Waals surface area contributed by atoms with Gasteiger partial charge in [-0.3, -0.25) is 0 Å². The van der Waals surface area contributed by atoms with E-state index in [0.717, 1.165) is 0 Å². The highest BCUT2D eigenvalue weighted by molar-refractivity contribution is 7.87. The Morgan fingerprint density at radius 2 is 1.50 bits per heavy atom. The van der Waals surface area contributed by atoms with Crippen LogP contribution in [0.15, 0.2) is 30.3 Å². The average Bonchev–Trinajstić information content (AvgIpc) is 2.26. The highest BCUT2D eigenvalue weighted by Crippen LogP contribution is 2.32. The van der Waals surface area contributed by atoms with E-state index in [-0.39, 0.29) is 5.56 Å². The minimum atomic E-state index is -6.32. The third-order valence-electron chi connectivity index (χ3n) is 2.16. The number of alkyl halides is 6. The summed E-state index contributed by atoms with van der Waals surface area (Å²) >= 11 is 0. The SMILES string of the molecule is O=S(=O)(O[C@@H](Cc1ccccc1)C(F)(F)F)C(F)(F)F. The van der Waals surface area contributed by atoms with Crippen LogP contribution in [0.25, 0.3) is 0 Å². The van der Waals surface area contributed by atoms with Gasteiger partial charge in [-0.15, -0.1) is 0 Å². The largest absolute Gasteiger partial charge is 0.523 e. The Morgan fingerprint density at radius 1 is 1.00 bits per heavy atom. The van der Waals surface area contributed by atoms with Crippen LogP contribution in [0.1, 0.15) is 5.56 Å². The maximum absolute atomic E-state index is 12.6. The summed E-state index contributed by atoms with van der Waals surface area (Å²) in [5, 5.41) is 0. The second kappa shape index (κ2) is 5.60. The molecule has 0 aromatic heterocycles. The molecule has 10 heteroatoms. The van der Waals surface area contributed by atoms with E-state index in [0.29, 0.717) is 0 Å². The Kier molecular flexibility index (Phi) is 4.70. The summed E-state index contributed by atoms with van der Waals surface area (Å²) < 4.78 is 98.4. The van der Waals surface area contributed by atoms with Gasteiger partial charge in [-0.05, 0) is 5.56 Å². The molecule has 114 valence electrons.